The first kappa shape index (κ1) is 22.1. The number of aliphatic hydroxyl groups excluding tert-OH is 1. The molecule has 1 aliphatic rings. The molecular weight excluding hydrogens is 382 g/mol. The lowest BCUT2D eigenvalue weighted by Crippen LogP contribution is -2.37. The summed E-state index contributed by atoms with van der Waals surface area (Å²) in [6, 6.07) is 5.33. The van der Waals surface area contributed by atoms with Gasteiger partial charge in [0.2, 0.25) is 5.82 Å². The zero-order valence-corrected chi connectivity index (χ0v) is 18.0. The van der Waals surface area contributed by atoms with Crippen LogP contribution in [-0.4, -0.2) is 45.0 Å². The van der Waals surface area contributed by atoms with Crippen LogP contribution in [0.3, 0.4) is 0 Å². The van der Waals surface area contributed by atoms with Crippen LogP contribution in [0.2, 0.25) is 0 Å². The molecule has 8 heteroatoms. The third-order valence-corrected chi connectivity index (χ3v) is 5.58. The molecule has 3 rings (SSSR count). The summed E-state index contributed by atoms with van der Waals surface area (Å²) < 4.78 is 13.1. The molecule has 2 atom stereocenters. The summed E-state index contributed by atoms with van der Waals surface area (Å²) in [7, 11) is 0. The topological polar surface area (TPSA) is 123 Å². The molecule has 30 heavy (non-hydrogen) atoms. The fourth-order valence-electron chi connectivity index (χ4n) is 3.85. The van der Waals surface area contributed by atoms with Crippen LogP contribution in [0, 0.1) is 6.92 Å². The van der Waals surface area contributed by atoms with E-state index in [-0.39, 0.29) is 5.96 Å². The molecule has 1 aliphatic heterocycles. The summed E-state index contributed by atoms with van der Waals surface area (Å²) in [4.78, 5) is 4.48. The number of benzene rings is 1. The molecule has 1 aromatic carbocycles. The summed E-state index contributed by atoms with van der Waals surface area (Å²) in [5.41, 5.74) is 13.3. The predicted octanol–water partition coefficient (Wildman–Crippen LogP) is 2.88. The number of aryl methyl sites for hydroxylation is 1. The fraction of sp³-hybridized carbons (Fsp3) is 0.591. The molecule has 0 unspecified atom stereocenters. The minimum Gasteiger partial charge on any atom is -0.493 e. The van der Waals surface area contributed by atoms with E-state index in [1.165, 1.54) is 32.1 Å². The average molecular weight is 417 g/mol. The number of unbranched alkanes of at least 4 members (excludes halogenated alkanes) is 5. The first-order valence-corrected chi connectivity index (χ1v) is 10.9. The Hall–Kier alpha value is -2.61. The Morgan fingerprint density at radius 3 is 2.73 bits per heavy atom. The molecule has 0 bridgehead atoms. The molecule has 0 saturated carbocycles. The van der Waals surface area contributed by atoms with Crippen molar-refractivity contribution >= 4 is 5.96 Å². The molecule has 2 aromatic rings. The second-order valence-corrected chi connectivity index (χ2v) is 7.97. The summed E-state index contributed by atoms with van der Waals surface area (Å²) >= 11 is 0. The number of ether oxygens (including phenoxy) is 1. The predicted molar refractivity (Wildman–Crippen MR) is 115 cm³/mol. The molecule has 5 N–H and O–H groups in total. The van der Waals surface area contributed by atoms with Gasteiger partial charge in [-0.25, -0.2) is 0 Å². The maximum atomic E-state index is 10.3. The normalized spacial score (nSPS) is 18.7. The van der Waals surface area contributed by atoms with Gasteiger partial charge < -0.3 is 14.4 Å². The highest BCUT2D eigenvalue weighted by atomic mass is 16.5. The van der Waals surface area contributed by atoms with Gasteiger partial charge in [0.05, 0.1) is 19.3 Å². The number of aromatic nitrogens is 2. The third-order valence-electron chi connectivity index (χ3n) is 5.58. The van der Waals surface area contributed by atoms with Gasteiger partial charge in [-0.3, -0.25) is 16.0 Å². The quantitative estimate of drug-likeness (QED) is 0.309. The minimum atomic E-state index is -0.653. The summed E-state index contributed by atoms with van der Waals surface area (Å²) in [5, 5.41) is 14.4. The zero-order chi connectivity index (χ0) is 21.5. The Morgan fingerprint density at radius 2 is 2.00 bits per heavy atom. The van der Waals surface area contributed by atoms with Crippen LogP contribution >= 0.6 is 0 Å². The summed E-state index contributed by atoms with van der Waals surface area (Å²) in [5.74, 6) is 1.78. The first-order valence-electron chi connectivity index (χ1n) is 10.9. The van der Waals surface area contributed by atoms with Gasteiger partial charge in [0.15, 0.2) is 6.04 Å². The van der Waals surface area contributed by atoms with E-state index in [0.29, 0.717) is 24.7 Å². The maximum Gasteiger partial charge on any atom is 0.341 e. The molecule has 1 fully saturated rings. The van der Waals surface area contributed by atoms with Crippen LogP contribution in [0.15, 0.2) is 22.7 Å². The summed E-state index contributed by atoms with van der Waals surface area (Å²) in [6.45, 7) is 5.51. The Kier molecular flexibility index (Phi) is 7.68. The van der Waals surface area contributed by atoms with Crippen molar-refractivity contribution in [1.29, 1.82) is 0 Å². The smallest absolute Gasteiger partial charge is 0.341 e. The van der Waals surface area contributed by atoms with E-state index in [0.717, 1.165) is 29.9 Å². The van der Waals surface area contributed by atoms with Crippen molar-refractivity contribution in [2.24, 2.45) is 11.5 Å². The number of rotatable bonds is 10. The largest absolute Gasteiger partial charge is 0.493 e. The molecule has 0 aliphatic carbocycles. The fourth-order valence-corrected chi connectivity index (χ4v) is 3.85. The van der Waals surface area contributed by atoms with E-state index < -0.39 is 12.1 Å². The Balaban J connectivity index is 1.61. The molecule has 0 radical (unpaired) electrons. The van der Waals surface area contributed by atoms with Crippen molar-refractivity contribution in [3.63, 3.8) is 0 Å². The highest BCUT2D eigenvalue weighted by Crippen LogP contribution is 2.30. The first-order chi connectivity index (χ1) is 14.5. The van der Waals surface area contributed by atoms with Crippen molar-refractivity contribution in [2.75, 3.05) is 13.2 Å². The van der Waals surface area contributed by atoms with Gasteiger partial charge in [-0.05, 0) is 37.1 Å². The molecular formula is C22H34N5O3+. The Labute approximate surface area is 177 Å². The van der Waals surface area contributed by atoms with Crippen molar-refractivity contribution in [1.82, 2.24) is 10.1 Å². The van der Waals surface area contributed by atoms with E-state index in [9.17, 15) is 5.11 Å². The molecule has 0 spiro atoms. The second kappa shape index (κ2) is 10.4. The van der Waals surface area contributed by atoms with Crippen molar-refractivity contribution in [3.8, 4) is 17.1 Å². The summed E-state index contributed by atoms with van der Waals surface area (Å²) in [6.07, 6.45) is 7.33. The minimum absolute atomic E-state index is 0.138. The second-order valence-electron chi connectivity index (χ2n) is 7.97. The standard InChI is InChI=1S/C22H33N5O3/c1-3-4-5-6-7-8-13-29-18-10-9-16(14-15(18)2)20-25-21(30-26-20)19-17(28)11-12-27(19)22(23)24/h9-10,14,17,19,28H,3-8,11-13H2,1-2H3,(H3,23,24)/p+1/t17-,19+/m1/s1. The van der Waals surface area contributed by atoms with Gasteiger partial charge in [-0.1, -0.05) is 44.2 Å². The number of hydrogen-bond donors (Lipinski definition) is 3. The molecule has 164 valence electrons. The molecule has 0 amide bonds. The van der Waals surface area contributed by atoms with Gasteiger partial charge in [-0.15, -0.1) is 0 Å². The maximum absolute atomic E-state index is 10.3. The number of hydrogen-bond acceptors (Lipinski definition) is 5. The molecule has 1 aromatic heterocycles. The van der Waals surface area contributed by atoms with Gasteiger partial charge in [-0.2, -0.15) is 4.98 Å². The van der Waals surface area contributed by atoms with Crippen LogP contribution in [0.1, 0.15) is 69.4 Å². The number of guanidine groups is 1. The molecule has 8 nitrogen and oxygen atoms in total. The number of aliphatic hydroxyl groups is 1. The average Bonchev–Trinajstić information content (AvgIpc) is 3.35. The van der Waals surface area contributed by atoms with Gasteiger partial charge in [0, 0.05) is 12.0 Å². The highest BCUT2D eigenvalue weighted by molar-refractivity contribution is 5.70. The van der Waals surface area contributed by atoms with Gasteiger partial charge >= 0.3 is 5.96 Å². The van der Waals surface area contributed by atoms with E-state index in [2.05, 4.69) is 17.1 Å². The van der Waals surface area contributed by atoms with Gasteiger partial charge in [0.25, 0.3) is 5.89 Å². The lowest BCUT2D eigenvalue weighted by Gasteiger charge is -2.11. The SMILES string of the molecule is CCCCCCCCOc1ccc(-c2noc([C@@H]3[C@H](O)CC[N+]3=C(N)N)n2)cc1C. The van der Waals surface area contributed by atoms with E-state index in [4.69, 9.17) is 20.7 Å². The lowest BCUT2D eigenvalue weighted by atomic mass is 10.1. The van der Waals surface area contributed by atoms with Crippen LogP contribution in [0.25, 0.3) is 11.4 Å². The third kappa shape index (κ3) is 5.30. The van der Waals surface area contributed by atoms with Crippen molar-refractivity contribution in [2.45, 2.75) is 70.9 Å². The van der Waals surface area contributed by atoms with Crippen molar-refractivity contribution < 1.29 is 18.9 Å². The zero-order valence-electron chi connectivity index (χ0n) is 18.0. The monoisotopic (exact) mass is 416 g/mol. The van der Waals surface area contributed by atoms with E-state index in [1.54, 1.807) is 4.58 Å². The molecule has 2 heterocycles. The highest BCUT2D eigenvalue weighted by Gasteiger charge is 2.39. The molecule has 1 saturated heterocycles. The number of nitrogens with zero attached hydrogens (tertiary/aromatic N) is 3. The Bertz CT molecular complexity index is 860. The van der Waals surface area contributed by atoms with Crippen LogP contribution in [0.4, 0.5) is 0 Å². The van der Waals surface area contributed by atoms with Crippen LogP contribution < -0.4 is 16.2 Å². The van der Waals surface area contributed by atoms with E-state index >= 15 is 0 Å². The lowest BCUT2D eigenvalue weighted by molar-refractivity contribution is -0.560. The number of nitrogens with two attached hydrogens (primary N) is 2. The van der Waals surface area contributed by atoms with Gasteiger partial charge in [0.1, 0.15) is 5.75 Å². The Morgan fingerprint density at radius 1 is 1.23 bits per heavy atom. The van der Waals surface area contributed by atoms with Crippen LogP contribution in [-0.2, 0) is 0 Å². The van der Waals surface area contributed by atoms with E-state index in [1.807, 2.05) is 25.1 Å². The van der Waals surface area contributed by atoms with Crippen LogP contribution in [0.5, 0.6) is 5.75 Å². The van der Waals surface area contributed by atoms with Crippen molar-refractivity contribution in [3.05, 3.63) is 29.7 Å².